The highest BCUT2D eigenvalue weighted by Gasteiger charge is 2.23. The summed E-state index contributed by atoms with van der Waals surface area (Å²) in [5.74, 6) is 1.16. The second kappa shape index (κ2) is 15.9. The molecule has 274 valence electrons. The highest BCUT2D eigenvalue weighted by atomic mass is 35.5. The van der Waals surface area contributed by atoms with Crippen LogP contribution in [0.25, 0.3) is 39.2 Å². The molecule has 3 aromatic heterocycles. The van der Waals surface area contributed by atoms with E-state index in [1.807, 2.05) is 54.6 Å². The number of carbonyl (C=O) groups excluding carboxylic acids is 2. The molecule has 53 heavy (non-hydrogen) atoms. The van der Waals surface area contributed by atoms with Gasteiger partial charge in [0, 0.05) is 96.9 Å². The Labute approximate surface area is 316 Å². The maximum absolute atomic E-state index is 13.3. The number of benzene rings is 2. The van der Waals surface area contributed by atoms with Crippen molar-refractivity contribution in [2.45, 2.75) is 50.9 Å². The summed E-state index contributed by atoms with van der Waals surface area (Å²) < 4.78 is 12.9. The number of aromatic nitrogens is 3. The molecule has 12 nitrogen and oxygen atoms in total. The van der Waals surface area contributed by atoms with Crippen LogP contribution in [0.4, 0.5) is 0 Å². The molecule has 14 heteroatoms. The Morgan fingerprint density at radius 3 is 2.11 bits per heavy atom. The maximum atomic E-state index is 13.3. The number of halogens is 2. The van der Waals surface area contributed by atoms with Gasteiger partial charge >= 0.3 is 0 Å². The first kappa shape index (κ1) is 36.4. The number of methoxy groups -OCH3 is 2. The van der Waals surface area contributed by atoms with Crippen LogP contribution >= 0.6 is 23.2 Å². The molecule has 0 spiro atoms. The van der Waals surface area contributed by atoms with Crippen LogP contribution in [-0.2, 0) is 22.7 Å². The average Bonchev–Trinajstić information content (AvgIpc) is 3.79. The molecule has 2 amide bonds. The van der Waals surface area contributed by atoms with Gasteiger partial charge < -0.3 is 30.7 Å². The molecule has 5 heterocycles. The molecular formula is C39H39Cl2N7O5. The van der Waals surface area contributed by atoms with Gasteiger partial charge in [0.1, 0.15) is 11.4 Å². The Bertz CT molecular complexity index is 2260. The zero-order valence-electron chi connectivity index (χ0n) is 29.3. The molecule has 0 saturated carbocycles. The second-order valence-electron chi connectivity index (χ2n) is 13.2. The van der Waals surface area contributed by atoms with Crippen molar-refractivity contribution in [1.82, 2.24) is 35.6 Å². The van der Waals surface area contributed by atoms with E-state index in [-0.39, 0.29) is 29.5 Å². The summed E-state index contributed by atoms with van der Waals surface area (Å²) in [4.78, 5) is 45.7. The maximum Gasteiger partial charge on any atom is 0.262 e. The average molecular weight is 757 g/mol. The Morgan fingerprint density at radius 1 is 0.792 bits per heavy atom. The van der Waals surface area contributed by atoms with E-state index in [2.05, 4.69) is 26.3 Å². The van der Waals surface area contributed by atoms with Crippen LogP contribution in [0.2, 0.25) is 10.0 Å². The highest BCUT2D eigenvalue weighted by Crippen LogP contribution is 2.44. The molecule has 2 aliphatic heterocycles. The van der Waals surface area contributed by atoms with Crippen molar-refractivity contribution in [3.05, 3.63) is 98.5 Å². The summed E-state index contributed by atoms with van der Waals surface area (Å²) in [6.07, 6.45) is 5.96. The molecule has 0 radical (unpaired) electrons. The Balaban J connectivity index is 1.14. The third-order valence-corrected chi connectivity index (χ3v) is 10.5. The minimum absolute atomic E-state index is 0.0558. The first-order valence-corrected chi connectivity index (χ1v) is 18.2. The monoisotopic (exact) mass is 755 g/mol. The number of pyridine rings is 2. The lowest BCUT2D eigenvalue weighted by Crippen LogP contribution is -2.36. The molecule has 7 rings (SSSR count). The lowest BCUT2D eigenvalue weighted by Gasteiger charge is -2.17. The summed E-state index contributed by atoms with van der Waals surface area (Å²) in [6.45, 7) is 2.09. The largest absolute Gasteiger partial charge is 0.497 e. The first-order chi connectivity index (χ1) is 25.7. The fourth-order valence-corrected chi connectivity index (χ4v) is 7.46. The fourth-order valence-electron chi connectivity index (χ4n) is 6.82. The standard InChI is InChI=1S/C39H39Cl2N7O5/c1-52-27-15-30(37(41)31(16-27)32-9-6-23(38(47-32)53-2)17-42-20-25-7-10-34(49)45-25)29-5-3-4-28(36(29)40)22-12-13-48-33(14-22)44-19-24(39(48)51)18-43-21-26-8-11-35(50)46-26/h3-6,9,12-16,19,25-26,42-43H,7-8,10-11,17-18,20-21H2,1-2H3,(H,45,49)(H,46,50)/t25-,26+/m0/s1. The molecule has 0 bridgehead atoms. The molecule has 0 aliphatic carbocycles. The van der Waals surface area contributed by atoms with Crippen LogP contribution in [0.1, 0.15) is 36.8 Å². The van der Waals surface area contributed by atoms with E-state index >= 15 is 0 Å². The molecule has 0 unspecified atom stereocenters. The molecule has 2 aliphatic rings. The minimum Gasteiger partial charge on any atom is -0.497 e. The molecular weight excluding hydrogens is 717 g/mol. The van der Waals surface area contributed by atoms with Crippen molar-refractivity contribution >= 4 is 40.7 Å². The van der Waals surface area contributed by atoms with Gasteiger partial charge in [0.25, 0.3) is 5.56 Å². The number of nitrogens with zero attached hydrogens (tertiary/aromatic N) is 3. The van der Waals surface area contributed by atoms with Gasteiger partial charge in [-0.15, -0.1) is 0 Å². The first-order valence-electron chi connectivity index (χ1n) is 17.4. The number of hydrogen-bond acceptors (Lipinski definition) is 9. The van der Waals surface area contributed by atoms with Crippen molar-refractivity contribution in [3.8, 4) is 45.1 Å². The minimum atomic E-state index is -0.173. The second-order valence-corrected chi connectivity index (χ2v) is 13.9. The van der Waals surface area contributed by atoms with E-state index in [1.165, 1.54) is 4.40 Å². The molecule has 2 saturated heterocycles. The van der Waals surface area contributed by atoms with Gasteiger partial charge in [-0.1, -0.05) is 47.5 Å². The summed E-state index contributed by atoms with van der Waals surface area (Å²) >= 11 is 14.3. The van der Waals surface area contributed by atoms with Crippen LogP contribution in [0.3, 0.4) is 0 Å². The van der Waals surface area contributed by atoms with Crippen LogP contribution in [0.5, 0.6) is 11.6 Å². The lowest BCUT2D eigenvalue weighted by molar-refractivity contribution is -0.120. The van der Waals surface area contributed by atoms with E-state index in [0.717, 1.165) is 29.5 Å². The van der Waals surface area contributed by atoms with Crippen molar-refractivity contribution in [2.75, 3.05) is 27.3 Å². The zero-order chi connectivity index (χ0) is 37.1. The Hall–Kier alpha value is -5.01. The van der Waals surface area contributed by atoms with Crippen LogP contribution in [-0.4, -0.2) is 65.6 Å². The SMILES string of the molecule is COc1cc(-c2ccc(CNC[C@@H]3CCC(=O)N3)c(OC)n2)c(Cl)c(-c2cccc(-c3ccn4c(=O)c(CNC[C@H]5CCC(=O)N5)cnc4c3)c2Cl)c1. The van der Waals surface area contributed by atoms with E-state index in [4.69, 9.17) is 37.7 Å². The molecule has 2 atom stereocenters. The number of fused-ring (bicyclic) bond motifs is 1. The molecule has 5 aromatic rings. The van der Waals surface area contributed by atoms with Crippen LogP contribution < -0.4 is 36.3 Å². The number of nitrogens with one attached hydrogen (secondary N) is 4. The highest BCUT2D eigenvalue weighted by molar-refractivity contribution is 6.39. The van der Waals surface area contributed by atoms with E-state index in [9.17, 15) is 14.4 Å². The summed E-state index contributed by atoms with van der Waals surface area (Å²) in [5, 5.41) is 13.4. The van der Waals surface area contributed by atoms with Crippen molar-refractivity contribution in [2.24, 2.45) is 0 Å². The fraction of sp³-hybridized carbons (Fsp3) is 0.308. The Kier molecular flexibility index (Phi) is 10.9. The molecule has 4 N–H and O–H groups in total. The third kappa shape index (κ3) is 7.86. The number of rotatable bonds is 13. The molecule has 2 aromatic carbocycles. The quantitative estimate of drug-likeness (QED) is 0.128. The summed E-state index contributed by atoms with van der Waals surface area (Å²) in [5.41, 5.74) is 5.78. The number of carbonyl (C=O) groups is 2. The van der Waals surface area contributed by atoms with Crippen molar-refractivity contribution in [3.63, 3.8) is 0 Å². The van der Waals surface area contributed by atoms with Gasteiger partial charge in [-0.05, 0) is 48.7 Å². The predicted molar refractivity (Wildman–Crippen MR) is 204 cm³/mol. The van der Waals surface area contributed by atoms with Gasteiger partial charge in [0.15, 0.2) is 0 Å². The third-order valence-electron chi connectivity index (χ3n) is 9.65. The lowest BCUT2D eigenvalue weighted by atomic mass is 9.96. The topological polar surface area (TPSA) is 148 Å². The van der Waals surface area contributed by atoms with Crippen LogP contribution in [0.15, 0.2) is 71.8 Å². The smallest absolute Gasteiger partial charge is 0.262 e. The summed E-state index contributed by atoms with van der Waals surface area (Å²) in [6, 6.07) is 17.0. The normalized spacial score (nSPS) is 16.9. The van der Waals surface area contributed by atoms with Gasteiger partial charge in [-0.2, -0.15) is 0 Å². The van der Waals surface area contributed by atoms with Gasteiger partial charge in [-0.3, -0.25) is 18.8 Å². The Morgan fingerprint density at radius 2 is 1.45 bits per heavy atom. The van der Waals surface area contributed by atoms with Gasteiger partial charge in [0.05, 0.1) is 30.0 Å². The molecule has 2 fully saturated rings. The predicted octanol–water partition coefficient (Wildman–Crippen LogP) is 5.15. The van der Waals surface area contributed by atoms with Crippen molar-refractivity contribution in [1.29, 1.82) is 0 Å². The van der Waals surface area contributed by atoms with Crippen LogP contribution in [0, 0.1) is 0 Å². The number of ether oxygens (including phenoxy) is 2. The summed E-state index contributed by atoms with van der Waals surface area (Å²) in [7, 11) is 3.16. The van der Waals surface area contributed by atoms with E-state index in [1.54, 1.807) is 26.6 Å². The number of amides is 2. The zero-order valence-corrected chi connectivity index (χ0v) is 30.8. The van der Waals surface area contributed by atoms with E-state index in [0.29, 0.717) is 94.3 Å². The van der Waals surface area contributed by atoms with E-state index < -0.39 is 0 Å². The van der Waals surface area contributed by atoms with Crippen molar-refractivity contribution < 1.29 is 19.1 Å². The van der Waals surface area contributed by atoms with Gasteiger partial charge in [0.2, 0.25) is 17.7 Å². The van der Waals surface area contributed by atoms with Gasteiger partial charge in [-0.25, -0.2) is 9.97 Å². The number of hydrogen-bond donors (Lipinski definition) is 4.